The van der Waals surface area contributed by atoms with Crippen LogP contribution in [-0.4, -0.2) is 0 Å². The lowest BCUT2D eigenvalue weighted by Gasteiger charge is -2.23. The van der Waals surface area contributed by atoms with Crippen molar-refractivity contribution in [2.75, 3.05) is 0 Å². The Morgan fingerprint density at radius 2 is 1.21 bits per heavy atom. The van der Waals surface area contributed by atoms with Crippen LogP contribution in [-0.2, 0) is 11.8 Å². The van der Waals surface area contributed by atoms with Gasteiger partial charge in [0.15, 0.2) is 0 Å². The molecule has 1 aromatic heterocycles. The first-order valence-corrected chi connectivity index (χ1v) is 20.8. The van der Waals surface area contributed by atoms with Gasteiger partial charge in [-0.15, -0.1) is 11.3 Å². The van der Waals surface area contributed by atoms with E-state index < -0.39 is 0 Å². The van der Waals surface area contributed by atoms with Crippen LogP contribution in [0.2, 0.25) is 0 Å². The van der Waals surface area contributed by atoms with E-state index in [0.717, 1.165) is 12.8 Å². The Morgan fingerprint density at radius 1 is 0.554 bits per heavy atom. The van der Waals surface area contributed by atoms with E-state index in [1.54, 1.807) is 0 Å². The molecule has 0 atom stereocenters. The quantitative estimate of drug-likeness (QED) is 0.158. The van der Waals surface area contributed by atoms with Gasteiger partial charge in [-0.05, 0) is 150 Å². The Morgan fingerprint density at radius 3 is 1.91 bits per heavy atom. The summed E-state index contributed by atoms with van der Waals surface area (Å²) in [5.74, 6) is 0. The fourth-order valence-electron chi connectivity index (χ4n) is 10.1. The molecule has 0 spiro atoms. The van der Waals surface area contributed by atoms with Gasteiger partial charge in [-0.3, -0.25) is 0 Å². The van der Waals surface area contributed by atoms with E-state index in [-0.39, 0.29) is 5.41 Å². The molecule has 9 aromatic rings. The molecule has 0 saturated carbocycles. The minimum Gasteiger partial charge on any atom is -0.140 e. The summed E-state index contributed by atoms with van der Waals surface area (Å²) in [6.45, 7) is 9.19. The topological polar surface area (TPSA) is 0 Å². The molecule has 1 heterocycles. The normalized spacial score (nSPS) is 14.5. The summed E-state index contributed by atoms with van der Waals surface area (Å²) in [6, 6.07) is 53.2. The van der Waals surface area contributed by atoms with E-state index >= 15 is 0 Å². The third-order valence-corrected chi connectivity index (χ3v) is 13.9. The molecule has 11 rings (SSSR count). The summed E-state index contributed by atoms with van der Waals surface area (Å²) in [7, 11) is 0. The summed E-state index contributed by atoms with van der Waals surface area (Å²) in [6.07, 6.45) is 8.93. The number of allylic oxidation sites excluding steroid dienone is 2. The van der Waals surface area contributed by atoms with Crippen LogP contribution in [0.15, 0.2) is 146 Å². The Bertz CT molecular complexity index is 3110. The van der Waals surface area contributed by atoms with Crippen molar-refractivity contribution >= 4 is 71.5 Å². The fraction of sp³-hybridized carbons (Fsp3) is 0.127. The van der Waals surface area contributed by atoms with Gasteiger partial charge in [0.1, 0.15) is 0 Å². The van der Waals surface area contributed by atoms with Gasteiger partial charge < -0.3 is 0 Å². The molecule has 8 aromatic carbocycles. The zero-order valence-electron chi connectivity index (χ0n) is 32.3. The lowest BCUT2D eigenvalue weighted by atomic mass is 9.80. The minimum absolute atomic E-state index is 0.130. The lowest BCUT2D eigenvalue weighted by Crippen LogP contribution is -2.15. The van der Waals surface area contributed by atoms with Gasteiger partial charge in [-0.2, -0.15) is 0 Å². The zero-order chi connectivity index (χ0) is 37.7. The monoisotopic (exact) mass is 734 g/mol. The molecule has 268 valence electrons. The molecular weight excluding hydrogens is 693 g/mol. The maximum atomic E-state index is 2.52. The van der Waals surface area contributed by atoms with E-state index in [4.69, 9.17) is 0 Å². The first-order chi connectivity index (χ1) is 27.4. The van der Waals surface area contributed by atoms with Crippen LogP contribution >= 0.6 is 11.3 Å². The first-order valence-electron chi connectivity index (χ1n) is 20.0. The molecule has 0 aliphatic heterocycles. The van der Waals surface area contributed by atoms with Crippen LogP contribution in [0.1, 0.15) is 65.4 Å². The van der Waals surface area contributed by atoms with Crippen LogP contribution in [0.5, 0.6) is 0 Å². The van der Waals surface area contributed by atoms with Crippen molar-refractivity contribution < 1.29 is 0 Å². The molecule has 0 nitrogen and oxygen atoms in total. The summed E-state index contributed by atoms with van der Waals surface area (Å²) in [4.78, 5) is 1.38. The standard InChI is InChI=1S/C55H42S/c1-5-13-41-33(2)56-51-32-47-38(30-48(41)51)25-27-49-54(47)46-26-24-40(31-50(46)55(49,3)4)53-44-18-11-9-16-42(44)52(43-17-10-12-19-45(43)53)39-23-22-36-28-35(20-21-37(36)29-39)34-14-7-6-8-15-34/h5-19,22-32H,20-21H2,1-4H3/b13-5-. The smallest absolute Gasteiger partial charge is 0.0358 e. The van der Waals surface area contributed by atoms with Crippen LogP contribution in [0.3, 0.4) is 0 Å². The Hall–Kier alpha value is -6.02. The third kappa shape index (κ3) is 4.90. The highest BCUT2D eigenvalue weighted by molar-refractivity contribution is 7.19. The largest absolute Gasteiger partial charge is 0.140 e. The van der Waals surface area contributed by atoms with Crippen molar-refractivity contribution in [3.8, 4) is 33.4 Å². The van der Waals surface area contributed by atoms with Gasteiger partial charge in [0.2, 0.25) is 0 Å². The van der Waals surface area contributed by atoms with E-state index in [0.29, 0.717) is 0 Å². The molecule has 0 saturated heterocycles. The molecule has 0 unspecified atom stereocenters. The van der Waals surface area contributed by atoms with E-state index in [2.05, 4.69) is 185 Å². The minimum atomic E-state index is -0.130. The van der Waals surface area contributed by atoms with E-state index in [9.17, 15) is 0 Å². The van der Waals surface area contributed by atoms with Crippen molar-refractivity contribution in [2.45, 2.75) is 46.0 Å². The summed E-state index contributed by atoms with van der Waals surface area (Å²) in [5.41, 5.74) is 17.6. The highest BCUT2D eigenvalue weighted by Crippen LogP contribution is 2.54. The number of hydrogen-bond donors (Lipinski definition) is 0. The predicted molar refractivity (Wildman–Crippen MR) is 245 cm³/mol. The maximum absolute atomic E-state index is 2.52. The highest BCUT2D eigenvalue weighted by Gasteiger charge is 2.37. The van der Waals surface area contributed by atoms with Gasteiger partial charge in [0.25, 0.3) is 0 Å². The summed E-state index contributed by atoms with van der Waals surface area (Å²) >= 11 is 1.91. The van der Waals surface area contributed by atoms with E-state index in [1.807, 2.05) is 11.3 Å². The van der Waals surface area contributed by atoms with Gasteiger partial charge in [0.05, 0.1) is 0 Å². The molecule has 2 aliphatic carbocycles. The van der Waals surface area contributed by atoms with Crippen molar-refractivity contribution in [2.24, 2.45) is 0 Å². The molecular formula is C55H42S. The second-order valence-corrected chi connectivity index (χ2v) is 17.6. The zero-order valence-corrected chi connectivity index (χ0v) is 33.2. The van der Waals surface area contributed by atoms with Crippen molar-refractivity contribution in [3.05, 3.63) is 184 Å². The molecule has 0 fully saturated rings. The van der Waals surface area contributed by atoms with Crippen molar-refractivity contribution in [3.63, 3.8) is 0 Å². The second kappa shape index (κ2) is 12.5. The van der Waals surface area contributed by atoms with Gasteiger partial charge in [-0.25, -0.2) is 0 Å². The molecule has 0 bridgehead atoms. The number of hydrogen-bond acceptors (Lipinski definition) is 1. The Kier molecular flexibility index (Phi) is 7.44. The first kappa shape index (κ1) is 33.3. The fourth-order valence-corrected chi connectivity index (χ4v) is 11.2. The number of aryl methyl sites for hydroxylation is 2. The molecule has 2 aliphatic rings. The van der Waals surface area contributed by atoms with Crippen molar-refractivity contribution in [1.29, 1.82) is 0 Å². The molecule has 1 heteroatoms. The Labute approximate surface area is 333 Å². The number of thiophene rings is 1. The lowest BCUT2D eigenvalue weighted by molar-refractivity contribution is 0.661. The average Bonchev–Trinajstić information content (AvgIpc) is 3.66. The summed E-state index contributed by atoms with van der Waals surface area (Å²) < 4.78 is 1.37. The van der Waals surface area contributed by atoms with Crippen LogP contribution in [0.4, 0.5) is 0 Å². The van der Waals surface area contributed by atoms with Crippen LogP contribution < -0.4 is 0 Å². The number of benzene rings is 8. The predicted octanol–water partition coefficient (Wildman–Crippen LogP) is 15.8. The van der Waals surface area contributed by atoms with Crippen LogP contribution in [0, 0.1) is 6.92 Å². The highest BCUT2D eigenvalue weighted by atomic mass is 32.1. The second-order valence-electron chi connectivity index (χ2n) is 16.3. The van der Waals surface area contributed by atoms with Gasteiger partial charge in [-0.1, -0.05) is 153 Å². The number of fused-ring (bicyclic) bond motifs is 9. The summed E-state index contributed by atoms with van der Waals surface area (Å²) in [5, 5.41) is 9.25. The van der Waals surface area contributed by atoms with Gasteiger partial charge in [0, 0.05) is 20.4 Å². The van der Waals surface area contributed by atoms with Crippen LogP contribution in [0.25, 0.3) is 93.5 Å². The molecule has 0 radical (unpaired) electrons. The number of rotatable bonds is 4. The molecule has 56 heavy (non-hydrogen) atoms. The van der Waals surface area contributed by atoms with E-state index in [1.165, 1.54) is 120 Å². The maximum Gasteiger partial charge on any atom is 0.0358 e. The third-order valence-electron chi connectivity index (χ3n) is 12.8. The van der Waals surface area contributed by atoms with Crippen molar-refractivity contribution in [1.82, 2.24) is 0 Å². The molecule has 0 amide bonds. The molecule has 0 N–H and O–H groups in total. The Balaban J connectivity index is 1.08. The average molecular weight is 735 g/mol. The van der Waals surface area contributed by atoms with Gasteiger partial charge >= 0.3 is 0 Å². The SMILES string of the molecule is C/C=C\c1c(C)sc2cc3c4c(ccc3cc12)C(C)(C)c1cc(-c2c3ccccc3c(-c3ccc5c(c3)CCC(c3ccccc3)=C5)c3ccccc23)ccc1-4.